The number of ether oxygens (including phenoxy) is 1. The van der Waals surface area contributed by atoms with Gasteiger partial charge in [-0.2, -0.15) is 4.73 Å². The second-order valence-electron chi connectivity index (χ2n) is 4.65. The molecule has 0 aliphatic carbocycles. The molecule has 1 aromatic heterocycles. The number of nitrogens with one attached hydrogen (secondary N) is 1. The van der Waals surface area contributed by atoms with Crippen LogP contribution in [0.25, 0.3) is 0 Å². The van der Waals surface area contributed by atoms with Crippen molar-refractivity contribution in [2.24, 2.45) is 0 Å². The van der Waals surface area contributed by atoms with Crippen molar-refractivity contribution in [3.05, 3.63) is 65.1 Å². The van der Waals surface area contributed by atoms with Crippen LogP contribution in [0.3, 0.4) is 0 Å². The van der Waals surface area contributed by atoms with E-state index in [0.29, 0.717) is 16.9 Å². The molecule has 20 heavy (non-hydrogen) atoms. The van der Waals surface area contributed by atoms with Crippen LogP contribution < -0.4 is 14.8 Å². The average molecular weight is 270 g/mol. The van der Waals surface area contributed by atoms with Gasteiger partial charge in [0, 0.05) is 24.1 Å². The second kappa shape index (κ2) is 5.21. The van der Waals surface area contributed by atoms with Crippen LogP contribution in [0.4, 0.5) is 0 Å². The highest BCUT2D eigenvalue weighted by Crippen LogP contribution is 2.31. The Labute approximate surface area is 116 Å². The highest BCUT2D eigenvalue weighted by molar-refractivity contribution is 5.94. The normalized spacial score (nSPS) is 16.9. The summed E-state index contributed by atoms with van der Waals surface area (Å²) in [6, 6.07) is 10.6. The molecule has 0 bridgehead atoms. The van der Waals surface area contributed by atoms with Crippen LogP contribution in [0.15, 0.2) is 48.8 Å². The summed E-state index contributed by atoms with van der Waals surface area (Å²) >= 11 is 0. The zero-order chi connectivity index (χ0) is 13.9. The minimum absolute atomic E-state index is 0.0629. The van der Waals surface area contributed by atoms with E-state index in [4.69, 9.17) is 4.74 Å². The van der Waals surface area contributed by atoms with E-state index in [2.05, 4.69) is 5.32 Å². The van der Waals surface area contributed by atoms with Gasteiger partial charge in [0.2, 0.25) is 0 Å². The topological polar surface area (TPSA) is 65.3 Å². The second-order valence-corrected chi connectivity index (χ2v) is 4.65. The number of carbonyl (C=O) groups is 1. The molecule has 1 unspecified atom stereocenters. The average Bonchev–Trinajstić information content (AvgIpc) is 2.48. The van der Waals surface area contributed by atoms with Gasteiger partial charge in [-0.3, -0.25) is 4.79 Å². The van der Waals surface area contributed by atoms with Gasteiger partial charge in [0.05, 0.1) is 18.2 Å². The lowest BCUT2D eigenvalue weighted by Gasteiger charge is -2.26. The quantitative estimate of drug-likeness (QED) is 0.665. The number of hydrogen-bond acceptors (Lipinski definition) is 3. The summed E-state index contributed by atoms with van der Waals surface area (Å²) in [6.07, 6.45) is 3.36. The number of nitrogens with zero attached hydrogens (tertiary/aromatic N) is 1. The van der Waals surface area contributed by atoms with E-state index in [1.807, 2.05) is 24.3 Å². The van der Waals surface area contributed by atoms with Gasteiger partial charge >= 0.3 is 0 Å². The summed E-state index contributed by atoms with van der Waals surface area (Å²) in [6.45, 7) is 0.581. The number of hydrogen-bond donors (Lipinski definition) is 1. The number of aromatic nitrogens is 1. The smallest absolute Gasteiger partial charge is 0.252 e. The van der Waals surface area contributed by atoms with E-state index in [-0.39, 0.29) is 11.9 Å². The zero-order valence-corrected chi connectivity index (χ0v) is 10.8. The maximum absolute atomic E-state index is 12.2. The van der Waals surface area contributed by atoms with Crippen molar-refractivity contribution in [2.75, 3.05) is 6.61 Å². The number of benzene rings is 1. The molecular weight excluding hydrogens is 256 g/mol. The lowest BCUT2D eigenvalue weighted by Crippen LogP contribution is -2.33. The Kier molecular flexibility index (Phi) is 3.25. The van der Waals surface area contributed by atoms with E-state index in [9.17, 15) is 10.0 Å². The minimum atomic E-state index is -0.188. The van der Waals surface area contributed by atoms with Gasteiger partial charge in [-0.1, -0.05) is 18.2 Å². The molecule has 102 valence electrons. The van der Waals surface area contributed by atoms with Gasteiger partial charge in [-0.15, -0.1) is 0 Å². The van der Waals surface area contributed by atoms with Crippen molar-refractivity contribution in [3.63, 3.8) is 0 Å². The number of fused-ring (bicyclic) bond motifs is 1. The van der Waals surface area contributed by atoms with E-state index >= 15 is 0 Å². The Balaban J connectivity index is 1.79. The Morgan fingerprint density at radius 2 is 2.00 bits per heavy atom. The van der Waals surface area contributed by atoms with Gasteiger partial charge in [0.1, 0.15) is 5.75 Å². The molecule has 1 aliphatic heterocycles. The third-order valence-electron chi connectivity index (χ3n) is 3.33. The minimum Gasteiger partial charge on any atom is -0.619 e. The fraction of sp³-hybridized carbons (Fsp3) is 0.200. The van der Waals surface area contributed by atoms with Crippen molar-refractivity contribution in [1.29, 1.82) is 0 Å². The summed E-state index contributed by atoms with van der Waals surface area (Å²) < 4.78 is 6.21. The largest absolute Gasteiger partial charge is 0.619 e. The lowest BCUT2D eigenvalue weighted by molar-refractivity contribution is -0.605. The van der Waals surface area contributed by atoms with E-state index in [1.54, 1.807) is 0 Å². The Morgan fingerprint density at radius 3 is 2.80 bits per heavy atom. The molecule has 1 amide bonds. The third-order valence-corrected chi connectivity index (χ3v) is 3.33. The van der Waals surface area contributed by atoms with Gasteiger partial charge in [0.15, 0.2) is 12.4 Å². The van der Waals surface area contributed by atoms with E-state index in [0.717, 1.165) is 17.7 Å². The summed E-state index contributed by atoms with van der Waals surface area (Å²) in [5.74, 6) is 0.627. The summed E-state index contributed by atoms with van der Waals surface area (Å²) in [4.78, 5) is 12.2. The predicted molar refractivity (Wildman–Crippen MR) is 72.2 cm³/mol. The highest BCUT2D eigenvalue weighted by Gasteiger charge is 2.23. The first-order valence-corrected chi connectivity index (χ1v) is 6.45. The maximum Gasteiger partial charge on any atom is 0.252 e. The molecule has 3 rings (SSSR count). The molecule has 5 nitrogen and oxygen atoms in total. The van der Waals surface area contributed by atoms with Crippen LogP contribution in [0.2, 0.25) is 0 Å². The van der Waals surface area contributed by atoms with Crippen LogP contribution in [-0.2, 0) is 0 Å². The summed E-state index contributed by atoms with van der Waals surface area (Å²) in [7, 11) is 0. The molecule has 2 aromatic rings. The van der Waals surface area contributed by atoms with Crippen LogP contribution in [0.1, 0.15) is 28.4 Å². The van der Waals surface area contributed by atoms with Crippen molar-refractivity contribution in [3.8, 4) is 5.75 Å². The molecule has 5 heteroatoms. The van der Waals surface area contributed by atoms with Crippen LogP contribution in [0, 0.1) is 5.21 Å². The molecule has 2 heterocycles. The molecule has 0 radical (unpaired) electrons. The SMILES string of the molecule is O=C(NC1CCOc2ccccc21)c1cc[n+]([O-])cc1. The number of pyridine rings is 1. The predicted octanol–water partition coefficient (Wildman–Crippen LogP) is 1.57. The van der Waals surface area contributed by atoms with Crippen LogP contribution >= 0.6 is 0 Å². The Bertz CT molecular complexity index is 625. The maximum atomic E-state index is 12.2. The molecule has 1 aromatic carbocycles. The van der Waals surface area contributed by atoms with Gasteiger partial charge in [0.25, 0.3) is 5.91 Å². The van der Waals surface area contributed by atoms with Gasteiger partial charge < -0.3 is 15.3 Å². The van der Waals surface area contributed by atoms with Crippen molar-refractivity contribution in [1.82, 2.24) is 5.32 Å². The summed E-state index contributed by atoms with van der Waals surface area (Å²) in [5.41, 5.74) is 1.46. The molecule has 1 N–H and O–H groups in total. The molecule has 0 fully saturated rings. The third kappa shape index (κ3) is 2.42. The van der Waals surface area contributed by atoms with Crippen molar-refractivity contribution >= 4 is 5.91 Å². The molecule has 0 saturated heterocycles. The van der Waals surface area contributed by atoms with E-state index in [1.165, 1.54) is 24.5 Å². The van der Waals surface area contributed by atoms with Gasteiger partial charge in [-0.25, -0.2) is 0 Å². The molecular formula is C15H14N2O3. The number of amides is 1. The molecule has 0 spiro atoms. The summed E-state index contributed by atoms with van der Waals surface area (Å²) in [5, 5.41) is 13.9. The van der Waals surface area contributed by atoms with E-state index < -0.39 is 0 Å². The number of para-hydroxylation sites is 1. The van der Waals surface area contributed by atoms with Crippen LogP contribution in [0.5, 0.6) is 5.75 Å². The number of rotatable bonds is 2. The molecule has 0 saturated carbocycles. The first kappa shape index (κ1) is 12.5. The van der Waals surface area contributed by atoms with Crippen LogP contribution in [-0.4, -0.2) is 12.5 Å². The van der Waals surface area contributed by atoms with Crippen molar-refractivity contribution in [2.45, 2.75) is 12.5 Å². The Morgan fingerprint density at radius 1 is 1.25 bits per heavy atom. The fourth-order valence-corrected chi connectivity index (χ4v) is 2.30. The standard InChI is InChI=1S/C15H14N2O3/c18-15(11-5-8-17(19)9-6-11)16-13-7-10-20-14-4-2-1-3-12(13)14/h1-6,8-9,13H,7,10H2,(H,16,18). The molecule has 1 atom stereocenters. The van der Waals surface area contributed by atoms with Gasteiger partial charge in [-0.05, 0) is 6.07 Å². The zero-order valence-electron chi connectivity index (χ0n) is 10.8. The molecule has 1 aliphatic rings. The fourth-order valence-electron chi connectivity index (χ4n) is 2.30. The number of carbonyl (C=O) groups excluding carboxylic acids is 1. The highest BCUT2D eigenvalue weighted by atomic mass is 16.5. The first-order valence-electron chi connectivity index (χ1n) is 6.45. The first-order chi connectivity index (χ1) is 9.74. The monoisotopic (exact) mass is 270 g/mol. The van der Waals surface area contributed by atoms with Crippen molar-refractivity contribution < 1.29 is 14.3 Å². The Hall–Kier alpha value is -2.56. The lowest BCUT2D eigenvalue weighted by atomic mass is 10.0.